The Labute approximate surface area is 206 Å². The fourth-order valence-electron chi connectivity index (χ4n) is 3.86. The number of hydrogen-bond donors (Lipinski definition) is 2. The van der Waals surface area contributed by atoms with Crippen molar-refractivity contribution in [3.8, 4) is 5.75 Å². The maximum absolute atomic E-state index is 10.6. The highest BCUT2D eigenvalue weighted by Crippen LogP contribution is 2.46. The molecule has 8 heteroatoms. The average molecular weight is 494 g/mol. The molecular weight excluding hydrogens is 474 g/mol. The van der Waals surface area contributed by atoms with E-state index in [1.165, 1.54) is 5.56 Å². The number of aryl methyl sites for hydroxylation is 1. The Morgan fingerprint density at radius 3 is 2.67 bits per heavy atom. The zero-order chi connectivity index (χ0) is 22.9. The van der Waals surface area contributed by atoms with Gasteiger partial charge in [0.25, 0.3) is 0 Å². The Balaban J connectivity index is 1.55. The summed E-state index contributed by atoms with van der Waals surface area (Å²) in [5.41, 5.74) is 2.53. The van der Waals surface area contributed by atoms with Crippen LogP contribution in [0, 0.1) is 6.92 Å². The molecule has 5 rings (SSSR count). The van der Waals surface area contributed by atoms with Gasteiger partial charge in [0, 0.05) is 16.1 Å². The highest BCUT2D eigenvalue weighted by molar-refractivity contribution is 7.99. The summed E-state index contributed by atoms with van der Waals surface area (Å²) in [4.78, 5) is 7.47. The van der Waals surface area contributed by atoms with E-state index < -0.39 is 0 Å². The van der Waals surface area contributed by atoms with Crippen molar-refractivity contribution < 1.29 is 9.52 Å². The van der Waals surface area contributed by atoms with Gasteiger partial charge in [-0.2, -0.15) is 0 Å². The van der Waals surface area contributed by atoms with Crippen LogP contribution in [0.1, 0.15) is 29.1 Å². The zero-order valence-corrected chi connectivity index (χ0v) is 20.0. The molecule has 3 heterocycles. The van der Waals surface area contributed by atoms with Crippen LogP contribution in [0.15, 0.2) is 93.4 Å². The number of phenolic OH excluding ortho intramolecular Hbond substituents is 1. The van der Waals surface area contributed by atoms with Gasteiger partial charge in [-0.1, -0.05) is 47.1 Å². The minimum atomic E-state index is -0.371. The maximum atomic E-state index is 10.6. The minimum Gasteiger partial charge on any atom is -0.506 e. The number of anilines is 1. The Morgan fingerprint density at radius 2 is 1.91 bits per heavy atom. The number of nitrogens with one attached hydrogen (secondary N) is 1. The van der Waals surface area contributed by atoms with Crippen molar-refractivity contribution >= 4 is 46.4 Å². The third-order valence-corrected chi connectivity index (χ3v) is 6.91. The smallest absolute Gasteiger partial charge is 0.174 e. The Kier molecular flexibility index (Phi) is 6.01. The number of thiocarbonyl (C=S) groups is 1. The molecule has 0 radical (unpaired) electrons. The van der Waals surface area contributed by atoms with Crippen LogP contribution in [-0.4, -0.2) is 15.2 Å². The van der Waals surface area contributed by atoms with E-state index in [1.54, 1.807) is 36.2 Å². The molecule has 2 aromatic carbocycles. The summed E-state index contributed by atoms with van der Waals surface area (Å²) in [5, 5.41) is 15.7. The van der Waals surface area contributed by atoms with E-state index in [0.29, 0.717) is 21.6 Å². The quantitative estimate of drug-likeness (QED) is 0.301. The standard InChI is InChI=1S/C25H20ClN3O2S2/c1-15-5-8-17(9-6-15)33-22-12-11-21(31-22)24-23(18-4-2-3-13-27-18)28-25(32)29(24)19-14-16(26)7-10-20(19)30/h2-14,23-24,30H,1H3,(H,28,32)/t23-,24+/m0/s1. The van der Waals surface area contributed by atoms with Crippen LogP contribution in [0.25, 0.3) is 0 Å². The number of furan rings is 1. The molecular formula is C25H20ClN3O2S2. The van der Waals surface area contributed by atoms with Gasteiger partial charge in [0.15, 0.2) is 10.2 Å². The van der Waals surface area contributed by atoms with Crippen molar-refractivity contribution in [1.29, 1.82) is 0 Å². The lowest BCUT2D eigenvalue weighted by molar-refractivity contribution is 0.382. The summed E-state index contributed by atoms with van der Waals surface area (Å²) in [7, 11) is 0. The summed E-state index contributed by atoms with van der Waals surface area (Å²) in [6.07, 6.45) is 1.75. The molecule has 4 aromatic rings. The SMILES string of the molecule is Cc1ccc(Sc2ccc([C@@H]3[C@H](c4ccccn4)NC(=S)N3c3cc(Cl)ccc3O)o2)cc1. The molecule has 2 N–H and O–H groups in total. The van der Waals surface area contributed by atoms with Crippen LogP contribution in [0.4, 0.5) is 5.69 Å². The lowest BCUT2D eigenvalue weighted by Crippen LogP contribution is -2.29. The predicted molar refractivity (Wildman–Crippen MR) is 135 cm³/mol. The van der Waals surface area contributed by atoms with E-state index >= 15 is 0 Å². The van der Waals surface area contributed by atoms with E-state index in [2.05, 4.69) is 41.5 Å². The Bertz CT molecular complexity index is 1290. The lowest BCUT2D eigenvalue weighted by Gasteiger charge is -2.26. The van der Waals surface area contributed by atoms with Gasteiger partial charge >= 0.3 is 0 Å². The van der Waals surface area contributed by atoms with Crippen LogP contribution in [0.2, 0.25) is 5.02 Å². The molecule has 5 nitrogen and oxygen atoms in total. The Morgan fingerprint density at radius 1 is 1.09 bits per heavy atom. The number of rotatable bonds is 5. The summed E-state index contributed by atoms with van der Waals surface area (Å²) in [6, 6.07) is 22.2. The van der Waals surface area contributed by atoms with Crippen LogP contribution in [0.5, 0.6) is 5.75 Å². The number of aromatic hydroxyl groups is 1. The highest BCUT2D eigenvalue weighted by atomic mass is 35.5. The number of hydrogen-bond acceptors (Lipinski definition) is 5. The predicted octanol–water partition coefficient (Wildman–Crippen LogP) is 6.67. The highest BCUT2D eigenvalue weighted by Gasteiger charge is 2.43. The van der Waals surface area contributed by atoms with Gasteiger partial charge in [0.1, 0.15) is 17.6 Å². The van der Waals surface area contributed by atoms with Gasteiger partial charge in [-0.15, -0.1) is 0 Å². The van der Waals surface area contributed by atoms with Crippen LogP contribution < -0.4 is 10.2 Å². The molecule has 0 amide bonds. The number of phenols is 1. The van der Waals surface area contributed by atoms with Crippen molar-refractivity contribution in [2.75, 3.05) is 4.90 Å². The van der Waals surface area contributed by atoms with E-state index in [0.717, 1.165) is 15.7 Å². The fraction of sp³-hybridized carbons (Fsp3) is 0.120. The number of pyridine rings is 1. The third kappa shape index (κ3) is 4.44. The number of aromatic nitrogens is 1. The lowest BCUT2D eigenvalue weighted by atomic mass is 10.0. The first-order valence-corrected chi connectivity index (χ1v) is 11.9. The molecule has 0 spiro atoms. The van der Waals surface area contributed by atoms with Crippen molar-refractivity contribution in [3.05, 3.63) is 101 Å². The third-order valence-electron chi connectivity index (χ3n) is 5.43. The number of nitrogens with zero attached hydrogens (tertiary/aromatic N) is 2. The molecule has 2 atom stereocenters. The summed E-state index contributed by atoms with van der Waals surface area (Å²) in [5.74, 6) is 0.781. The van der Waals surface area contributed by atoms with Crippen molar-refractivity contribution in [3.63, 3.8) is 0 Å². The minimum absolute atomic E-state index is 0.0797. The van der Waals surface area contributed by atoms with E-state index in [-0.39, 0.29) is 17.8 Å². The molecule has 0 unspecified atom stereocenters. The molecule has 1 fully saturated rings. The van der Waals surface area contributed by atoms with Crippen LogP contribution >= 0.6 is 35.6 Å². The summed E-state index contributed by atoms with van der Waals surface area (Å²) < 4.78 is 6.30. The summed E-state index contributed by atoms with van der Waals surface area (Å²) >= 11 is 13.5. The van der Waals surface area contributed by atoms with Crippen molar-refractivity contribution in [1.82, 2.24) is 10.3 Å². The number of halogens is 1. The molecule has 1 aliphatic rings. The second-order valence-corrected chi connectivity index (χ2v) is 9.60. The van der Waals surface area contributed by atoms with Crippen LogP contribution in [-0.2, 0) is 0 Å². The molecule has 2 aromatic heterocycles. The number of benzene rings is 2. The van der Waals surface area contributed by atoms with Gasteiger partial charge in [0.2, 0.25) is 0 Å². The molecule has 1 aliphatic heterocycles. The maximum Gasteiger partial charge on any atom is 0.174 e. The zero-order valence-electron chi connectivity index (χ0n) is 17.6. The second-order valence-electron chi connectivity index (χ2n) is 7.70. The van der Waals surface area contributed by atoms with Crippen molar-refractivity contribution in [2.24, 2.45) is 0 Å². The first kappa shape index (κ1) is 21.8. The second kappa shape index (κ2) is 9.09. The largest absolute Gasteiger partial charge is 0.506 e. The van der Waals surface area contributed by atoms with Gasteiger partial charge in [-0.05, 0) is 73.7 Å². The molecule has 166 valence electrons. The average Bonchev–Trinajstić information content (AvgIpc) is 3.41. The monoisotopic (exact) mass is 493 g/mol. The van der Waals surface area contributed by atoms with E-state index in [4.69, 9.17) is 28.2 Å². The molecule has 0 aliphatic carbocycles. The van der Waals surface area contributed by atoms with Gasteiger partial charge in [-0.3, -0.25) is 4.98 Å². The summed E-state index contributed by atoms with van der Waals surface area (Å²) in [6.45, 7) is 2.06. The molecule has 0 saturated carbocycles. The molecule has 33 heavy (non-hydrogen) atoms. The first-order chi connectivity index (χ1) is 16.0. The topological polar surface area (TPSA) is 61.5 Å². The molecule has 0 bridgehead atoms. The fourth-order valence-corrected chi connectivity index (χ4v) is 5.15. The van der Waals surface area contributed by atoms with Crippen molar-refractivity contribution in [2.45, 2.75) is 29.0 Å². The van der Waals surface area contributed by atoms with Gasteiger partial charge in [-0.25, -0.2) is 0 Å². The normalized spacial score (nSPS) is 17.9. The van der Waals surface area contributed by atoms with Gasteiger partial charge < -0.3 is 19.7 Å². The van der Waals surface area contributed by atoms with Gasteiger partial charge in [0.05, 0.1) is 17.4 Å². The van der Waals surface area contributed by atoms with E-state index in [9.17, 15) is 5.11 Å². The van der Waals surface area contributed by atoms with E-state index in [1.807, 2.05) is 35.2 Å². The Hall–Kier alpha value is -3.00. The molecule has 1 saturated heterocycles. The first-order valence-electron chi connectivity index (χ1n) is 10.3. The van der Waals surface area contributed by atoms with Crippen LogP contribution in [0.3, 0.4) is 0 Å².